The van der Waals surface area contributed by atoms with Crippen LogP contribution in [0, 0.1) is 0 Å². The van der Waals surface area contributed by atoms with E-state index in [4.69, 9.17) is 14.2 Å². The van der Waals surface area contributed by atoms with Gasteiger partial charge in [-0.1, -0.05) is 0 Å². The minimum atomic E-state index is 0.253. The molecule has 0 saturated carbocycles. The highest BCUT2D eigenvalue weighted by Crippen LogP contribution is 2.08. The van der Waals surface area contributed by atoms with Crippen LogP contribution in [-0.4, -0.2) is 88.1 Å². The van der Waals surface area contributed by atoms with Crippen molar-refractivity contribution in [3.05, 3.63) is 0 Å². The van der Waals surface area contributed by atoms with Crippen LogP contribution in [0.15, 0.2) is 0 Å². The number of piperazine rings is 1. The van der Waals surface area contributed by atoms with Gasteiger partial charge in [-0.2, -0.15) is 0 Å². The molecule has 1 heterocycles. The lowest BCUT2D eigenvalue weighted by Gasteiger charge is -2.37. The maximum atomic E-state index is 12.1. The van der Waals surface area contributed by atoms with E-state index >= 15 is 0 Å². The Labute approximate surface area is 134 Å². The van der Waals surface area contributed by atoms with E-state index in [1.807, 2.05) is 4.90 Å². The molecule has 0 bridgehead atoms. The number of rotatable bonds is 11. The second kappa shape index (κ2) is 11.8. The Morgan fingerprint density at radius 1 is 0.955 bits per heavy atom. The van der Waals surface area contributed by atoms with Gasteiger partial charge < -0.3 is 19.1 Å². The van der Waals surface area contributed by atoms with Gasteiger partial charge in [-0.25, -0.2) is 0 Å². The normalized spacial score (nSPS) is 16.5. The second-order valence-corrected chi connectivity index (χ2v) is 5.83. The highest BCUT2D eigenvalue weighted by molar-refractivity contribution is 5.76. The van der Waals surface area contributed by atoms with Crippen LogP contribution in [0.25, 0.3) is 0 Å². The molecule has 1 saturated heterocycles. The average molecular weight is 316 g/mol. The van der Waals surface area contributed by atoms with Crippen LogP contribution in [0.3, 0.4) is 0 Å². The molecule has 0 aromatic heterocycles. The van der Waals surface area contributed by atoms with E-state index in [0.717, 1.165) is 32.6 Å². The summed E-state index contributed by atoms with van der Waals surface area (Å²) in [6, 6.07) is 0.566. The van der Waals surface area contributed by atoms with Crippen LogP contribution in [0.4, 0.5) is 0 Å². The van der Waals surface area contributed by atoms with Gasteiger partial charge in [0.25, 0.3) is 0 Å². The Balaban J connectivity index is 1.96. The van der Waals surface area contributed by atoms with E-state index < -0.39 is 0 Å². The lowest BCUT2D eigenvalue weighted by molar-refractivity contribution is -0.133. The van der Waals surface area contributed by atoms with Crippen LogP contribution in [0.5, 0.6) is 0 Å². The van der Waals surface area contributed by atoms with Crippen molar-refractivity contribution in [2.75, 3.05) is 66.3 Å². The minimum absolute atomic E-state index is 0.253. The van der Waals surface area contributed by atoms with Gasteiger partial charge in [0.1, 0.15) is 0 Å². The summed E-state index contributed by atoms with van der Waals surface area (Å²) in [4.78, 5) is 16.5. The third-order valence-electron chi connectivity index (χ3n) is 3.88. The molecule has 130 valence electrons. The van der Waals surface area contributed by atoms with E-state index in [1.165, 1.54) is 0 Å². The monoisotopic (exact) mass is 316 g/mol. The first kappa shape index (κ1) is 19.4. The fourth-order valence-electron chi connectivity index (χ4n) is 2.44. The first-order chi connectivity index (χ1) is 10.6. The van der Waals surface area contributed by atoms with Crippen LogP contribution < -0.4 is 0 Å². The predicted molar refractivity (Wildman–Crippen MR) is 86.0 cm³/mol. The van der Waals surface area contributed by atoms with Gasteiger partial charge in [0.2, 0.25) is 5.91 Å². The molecule has 0 spiro atoms. The third-order valence-corrected chi connectivity index (χ3v) is 3.88. The van der Waals surface area contributed by atoms with Gasteiger partial charge in [0, 0.05) is 52.4 Å². The van der Waals surface area contributed by atoms with Crippen LogP contribution in [0.1, 0.15) is 26.7 Å². The molecule has 1 aliphatic rings. The molecule has 1 aliphatic heterocycles. The average Bonchev–Trinajstić information content (AvgIpc) is 2.53. The largest absolute Gasteiger partial charge is 0.382 e. The Morgan fingerprint density at radius 2 is 1.55 bits per heavy atom. The lowest BCUT2D eigenvalue weighted by atomic mass is 10.2. The first-order valence-corrected chi connectivity index (χ1v) is 8.31. The molecule has 0 N–H and O–H groups in total. The summed E-state index contributed by atoms with van der Waals surface area (Å²) in [6.07, 6.45) is 1.35. The Bertz CT molecular complexity index is 292. The van der Waals surface area contributed by atoms with Gasteiger partial charge in [0.15, 0.2) is 0 Å². The topological polar surface area (TPSA) is 51.2 Å². The number of ether oxygens (including phenoxy) is 3. The molecule has 0 aliphatic carbocycles. The van der Waals surface area contributed by atoms with Crippen molar-refractivity contribution in [2.24, 2.45) is 0 Å². The molecule has 1 fully saturated rings. The number of amides is 1. The van der Waals surface area contributed by atoms with Crippen molar-refractivity contribution < 1.29 is 19.0 Å². The fourth-order valence-corrected chi connectivity index (χ4v) is 2.44. The molecule has 0 aromatic rings. The van der Waals surface area contributed by atoms with Crippen molar-refractivity contribution in [3.63, 3.8) is 0 Å². The van der Waals surface area contributed by atoms with E-state index in [9.17, 15) is 4.79 Å². The maximum absolute atomic E-state index is 12.1. The van der Waals surface area contributed by atoms with Crippen LogP contribution in [-0.2, 0) is 19.0 Å². The number of carbonyl (C=O) groups is 1. The van der Waals surface area contributed by atoms with Crippen LogP contribution >= 0.6 is 0 Å². The molecular formula is C16H32N2O4. The van der Waals surface area contributed by atoms with Gasteiger partial charge in [0.05, 0.1) is 26.4 Å². The van der Waals surface area contributed by atoms with Gasteiger partial charge in [-0.15, -0.1) is 0 Å². The molecule has 22 heavy (non-hydrogen) atoms. The van der Waals surface area contributed by atoms with E-state index in [1.54, 1.807) is 7.11 Å². The van der Waals surface area contributed by atoms with Crippen molar-refractivity contribution in [3.8, 4) is 0 Å². The molecule has 1 rings (SSSR count). The zero-order chi connectivity index (χ0) is 16.2. The number of nitrogens with zero attached hydrogens (tertiary/aromatic N) is 2. The summed E-state index contributed by atoms with van der Waals surface area (Å²) in [7, 11) is 1.65. The summed E-state index contributed by atoms with van der Waals surface area (Å²) in [5.41, 5.74) is 0. The number of hydrogen-bond donors (Lipinski definition) is 0. The van der Waals surface area contributed by atoms with E-state index in [0.29, 0.717) is 45.5 Å². The lowest BCUT2D eigenvalue weighted by Crippen LogP contribution is -2.50. The first-order valence-electron chi connectivity index (χ1n) is 8.31. The summed E-state index contributed by atoms with van der Waals surface area (Å²) in [6.45, 7) is 11.1. The third kappa shape index (κ3) is 8.08. The quantitative estimate of drug-likeness (QED) is 0.532. The Hall–Kier alpha value is -0.690. The fraction of sp³-hybridized carbons (Fsp3) is 0.938. The smallest absolute Gasteiger partial charge is 0.222 e. The molecule has 0 aromatic carbocycles. The summed E-state index contributed by atoms with van der Waals surface area (Å²) in [5, 5.41) is 0. The van der Waals surface area contributed by atoms with Gasteiger partial charge >= 0.3 is 0 Å². The molecule has 6 heteroatoms. The predicted octanol–water partition coefficient (Wildman–Crippen LogP) is 0.999. The second-order valence-electron chi connectivity index (χ2n) is 5.83. The molecule has 0 radical (unpaired) electrons. The maximum Gasteiger partial charge on any atom is 0.222 e. The zero-order valence-electron chi connectivity index (χ0n) is 14.4. The summed E-state index contributed by atoms with van der Waals surface area (Å²) >= 11 is 0. The number of hydrogen-bond acceptors (Lipinski definition) is 5. The summed E-state index contributed by atoms with van der Waals surface area (Å²) in [5.74, 6) is 0.253. The van der Waals surface area contributed by atoms with Crippen molar-refractivity contribution in [1.29, 1.82) is 0 Å². The van der Waals surface area contributed by atoms with Crippen molar-refractivity contribution >= 4 is 5.91 Å². The molecule has 1 amide bonds. The molecular weight excluding hydrogens is 284 g/mol. The SMILES string of the molecule is COCCOCCOCCCC(=O)N1CCN(C(C)C)CC1. The van der Waals surface area contributed by atoms with E-state index in [2.05, 4.69) is 18.7 Å². The van der Waals surface area contributed by atoms with Crippen molar-refractivity contribution in [1.82, 2.24) is 9.80 Å². The molecule has 0 unspecified atom stereocenters. The van der Waals surface area contributed by atoms with Crippen molar-refractivity contribution in [2.45, 2.75) is 32.7 Å². The molecule has 0 atom stereocenters. The molecule has 6 nitrogen and oxygen atoms in total. The van der Waals surface area contributed by atoms with E-state index in [-0.39, 0.29) is 5.91 Å². The zero-order valence-corrected chi connectivity index (χ0v) is 14.4. The highest BCUT2D eigenvalue weighted by Gasteiger charge is 2.21. The van der Waals surface area contributed by atoms with Gasteiger partial charge in [-0.3, -0.25) is 9.69 Å². The van der Waals surface area contributed by atoms with Gasteiger partial charge in [-0.05, 0) is 20.3 Å². The standard InChI is InChI=1S/C16H32N2O4/c1-15(2)17-6-8-18(9-7-17)16(19)5-4-10-21-13-14-22-12-11-20-3/h15H,4-14H2,1-3H3. The number of carbonyl (C=O) groups excluding carboxylic acids is 1. The number of methoxy groups -OCH3 is 1. The Kier molecular flexibility index (Phi) is 10.4. The van der Waals surface area contributed by atoms with Crippen LogP contribution in [0.2, 0.25) is 0 Å². The highest BCUT2D eigenvalue weighted by atomic mass is 16.5. The minimum Gasteiger partial charge on any atom is -0.382 e. The summed E-state index contributed by atoms with van der Waals surface area (Å²) < 4.78 is 15.6. The Morgan fingerprint density at radius 3 is 2.14 bits per heavy atom.